The lowest BCUT2D eigenvalue weighted by atomic mass is 9.96. The molecule has 1 aliphatic rings. The lowest BCUT2D eigenvalue weighted by molar-refractivity contribution is -0.384. The molecule has 0 saturated carbocycles. The maximum atomic E-state index is 13.2. The van der Waals surface area contributed by atoms with E-state index >= 15 is 0 Å². The number of nitro groups is 1. The van der Waals surface area contributed by atoms with Crippen molar-refractivity contribution in [2.45, 2.75) is 58.2 Å². The SMILES string of the molecule is CNc1c(OC)cc(C(=O)N2CCCC(NC(=O)OC(C)(C)C)C2C)cc1[N+](=O)[O-]. The highest BCUT2D eigenvalue weighted by atomic mass is 16.6. The molecular weight excluding hydrogens is 392 g/mol. The second-order valence-electron chi connectivity index (χ2n) is 8.21. The number of ether oxygens (including phenoxy) is 2. The van der Waals surface area contributed by atoms with Gasteiger partial charge >= 0.3 is 6.09 Å². The molecule has 0 bridgehead atoms. The van der Waals surface area contributed by atoms with E-state index in [9.17, 15) is 19.7 Å². The fourth-order valence-electron chi connectivity index (χ4n) is 3.53. The van der Waals surface area contributed by atoms with Crippen LogP contribution in [0.15, 0.2) is 12.1 Å². The van der Waals surface area contributed by atoms with Gasteiger partial charge in [-0.1, -0.05) is 0 Å². The van der Waals surface area contributed by atoms with Gasteiger partial charge in [0.1, 0.15) is 11.4 Å². The number of methoxy groups -OCH3 is 1. The molecule has 1 saturated heterocycles. The molecule has 0 radical (unpaired) electrons. The van der Waals surface area contributed by atoms with E-state index in [0.29, 0.717) is 19.4 Å². The van der Waals surface area contributed by atoms with Gasteiger partial charge in [0.2, 0.25) is 0 Å². The first-order valence-electron chi connectivity index (χ1n) is 9.83. The van der Waals surface area contributed by atoms with Crippen LogP contribution in [0.1, 0.15) is 50.9 Å². The largest absolute Gasteiger partial charge is 0.494 e. The molecule has 1 aromatic rings. The molecule has 1 aromatic carbocycles. The molecule has 2 rings (SSSR count). The molecule has 0 aromatic heterocycles. The van der Waals surface area contributed by atoms with Gasteiger partial charge in [-0.2, -0.15) is 0 Å². The number of nitrogens with one attached hydrogen (secondary N) is 2. The minimum Gasteiger partial charge on any atom is -0.494 e. The molecule has 166 valence electrons. The maximum absolute atomic E-state index is 13.2. The van der Waals surface area contributed by atoms with Gasteiger partial charge in [0.05, 0.1) is 23.6 Å². The van der Waals surface area contributed by atoms with Crippen LogP contribution in [-0.4, -0.2) is 60.2 Å². The van der Waals surface area contributed by atoms with E-state index in [1.165, 1.54) is 19.2 Å². The summed E-state index contributed by atoms with van der Waals surface area (Å²) in [5.41, 5.74) is -0.506. The number of likely N-dealkylation sites (tertiary alicyclic amines) is 1. The summed E-state index contributed by atoms with van der Waals surface area (Å²) in [5, 5.41) is 17.1. The number of hydrogen-bond acceptors (Lipinski definition) is 7. The van der Waals surface area contributed by atoms with Crippen LogP contribution in [0.25, 0.3) is 0 Å². The number of hydrogen-bond donors (Lipinski definition) is 2. The van der Waals surface area contributed by atoms with Crippen molar-refractivity contribution in [1.29, 1.82) is 0 Å². The van der Waals surface area contributed by atoms with Crippen molar-refractivity contribution in [3.63, 3.8) is 0 Å². The standard InChI is InChI=1S/C20H30N4O6/c1-12-14(22-19(26)30-20(2,3)4)8-7-9-23(12)18(25)13-10-15(24(27)28)17(21-5)16(11-13)29-6/h10-12,14,21H,7-9H2,1-6H3,(H,22,26). The Morgan fingerprint density at radius 1 is 1.30 bits per heavy atom. The van der Waals surface area contributed by atoms with Crippen molar-refractivity contribution in [3.05, 3.63) is 27.8 Å². The number of carbonyl (C=O) groups excluding carboxylic acids is 2. The Hall–Kier alpha value is -3.04. The Kier molecular flexibility index (Phi) is 7.12. The van der Waals surface area contributed by atoms with E-state index < -0.39 is 16.6 Å². The van der Waals surface area contributed by atoms with Gasteiger partial charge in [-0.3, -0.25) is 14.9 Å². The number of benzene rings is 1. The number of nitrogens with zero attached hydrogens (tertiary/aromatic N) is 2. The first kappa shape index (κ1) is 23.2. The Labute approximate surface area is 176 Å². The summed E-state index contributed by atoms with van der Waals surface area (Å²) in [4.78, 5) is 37.9. The van der Waals surface area contributed by atoms with Crippen molar-refractivity contribution in [2.24, 2.45) is 0 Å². The molecule has 2 N–H and O–H groups in total. The third-order valence-corrected chi connectivity index (χ3v) is 4.95. The fourth-order valence-corrected chi connectivity index (χ4v) is 3.53. The van der Waals surface area contributed by atoms with Gasteiger partial charge in [-0.05, 0) is 46.6 Å². The summed E-state index contributed by atoms with van der Waals surface area (Å²) in [6.45, 7) is 7.66. The number of rotatable bonds is 5. The summed E-state index contributed by atoms with van der Waals surface area (Å²) in [5.74, 6) is -0.148. The van der Waals surface area contributed by atoms with Crippen LogP contribution in [0.5, 0.6) is 5.75 Å². The lowest BCUT2D eigenvalue weighted by Crippen LogP contribution is -2.56. The maximum Gasteiger partial charge on any atom is 0.407 e. The Balaban J connectivity index is 2.26. The molecule has 2 amide bonds. The summed E-state index contributed by atoms with van der Waals surface area (Å²) in [6.07, 6.45) is 0.848. The molecule has 1 aliphatic heterocycles. The predicted molar refractivity (Wildman–Crippen MR) is 112 cm³/mol. The van der Waals surface area contributed by atoms with Crippen LogP contribution in [0, 0.1) is 10.1 Å². The topological polar surface area (TPSA) is 123 Å². The number of amides is 2. The second-order valence-corrected chi connectivity index (χ2v) is 8.21. The Bertz CT molecular complexity index is 820. The summed E-state index contributed by atoms with van der Waals surface area (Å²) in [7, 11) is 2.93. The first-order valence-corrected chi connectivity index (χ1v) is 9.83. The molecule has 0 spiro atoms. The van der Waals surface area contributed by atoms with Crippen LogP contribution in [0.3, 0.4) is 0 Å². The minimum absolute atomic E-state index is 0.155. The summed E-state index contributed by atoms with van der Waals surface area (Å²) >= 11 is 0. The zero-order valence-electron chi connectivity index (χ0n) is 18.3. The van der Waals surface area contributed by atoms with Crippen molar-refractivity contribution in [2.75, 3.05) is 26.0 Å². The Morgan fingerprint density at radius 2 is 1.97 bits per heavy atom. The highest BCUT2D eigenvalue weighted by Crippen LogP contribution is 2.36. The molecule has 2 atom stereocenters. The number of alkyl carbamates (subject to hydrolysis) is 1. The smallest absolute Gasteiger partial charge is 0.407 e. The zero-order chi connectivity index (χ0) is 22.6. The number of piperidine rings is 1. The molecule has 2 unspecified atom stereocenters. The summed E-state index contributed by atoms with van der Waals surface area (Å²) < 4.78 is 10.6. The first-order chi connectivity index (χ1) is 14.0. The van der Waals surface area contributed by atoms with Gasteiger partial charge in [0.25, 0.3) is 11.6 Å². The third-order valence-electron chi connectivity index (χ3n) is 4.95. The van der Waals surface area contributed by atoms with Crippen LogP contribution < -0.4 is 15.4 Å². The van der Waals surface area contributed by atoms with E-state index in [0.717, 1.165) is 0 Å². The van der Waals surface area contributed by atoms with Gasteiger partial charge in [-0.15, -0.1) is 0 Å². The van der Waals surface area contributed by atoms with Crippen LogP contribution >= 0.6 is 0 Å². The number of carbonyl (C=O) groups is 2. The van der Waals surface area contributed by atoms with E-state index in [1.54, 1.807) is 32.7 Å². The van der Waals surface area contributed by atoms with E-state index in [-0.39, 0.29) is 40.7 Å². The monoisotopic (exact) mass is 422 g/mol. The lowest BCUT2D eigenvalue weighted by Gasteiger charge is -2.39. The van der Waals surface area contributed by atoms with Crippen LogP contribution in [0.2, 0.25) is 0 Å². The zero-order valence-corrected chi connectivity index (χ0v) is 18.3. The van der Waals surface area contributed by atoms with Crippen molar-refractivity contribution >= 4 is 23.4 Å². The van der Waals surface area contributed by atoms with Crippen LogP contribution in [0.4, 0.5) is 16.2 Å². The van der Waals surface area contributed by atoms with Crippen LogP contribution in [-0.2, 0) is 4.74 Å². The third kappa shape index (κ3) is 5.31. The number of nitro benzene ring substituents is 1. The highest BCUT2D eigenvalue weighted by Gasteiger charge is 2.34. The average molecular weight is 422 g/mol. The van der Waals surface area contributed by atoms with Gasteiger partial charge in [0.15, 0.2) is 5.69 Å². The molecule has 30 heavy (non-hydrogen) atoms. The quantitative estimate of drug-likeness (QED) is 0.552. The van der Waals surface area contributed by atoms with Crippen molar-refractivity contribution < 1.29 is 24.0 Å². The second kappa shape index (κ2) is 9.19. The molecule has 1 heterocycles. The minimum atomic E-state index is -0.623. The highest BCUT2D eigenvalue weighted by molar-refractivity contribution is 5.97. The fraction of sp³-hybridized carbons (Fsp3) is 0.600. The number of anilines is 1. The summed E-state index contributed by atoms with van der Waals surface area (Å²) in [6, 6.07) is 2.13. The molecule has 1 fully saturated rings. The Morgan fingerprint density at radius 3 is 2.50 bits per heavy atom. The molecule has 10 nitrogen and oxygen atoms in total. The molecular formula is C20H30N4O6. The average Bonchev–Trinajstić information content (AvgIpc) is 2.66. The van der Waals surface area contributed by atoms with Gasteiger partial charge in [0, 0.05) is 25.7 Å². The normalized spacial score (nSPS) is 19.1. The molecule has 0 aliphatic carbocycles. The van der Waals surface area contributed by atoms with E-state index in [1.807, 2.05) is 6.92 Å². The van der Waals surface area contributed by atoms with Gasteiger partial charge < -0.3 is 25.0 Å². The van der Waals surface area contributed by atoms with Crippen molar-refractivity contribution in [3.8, 4) is 5.75 Å². The van der Waals surface area contributed by atoms with E-state index in [4.69, 9.17) is 9.47 Å². The predicted octanol–water partition coefficient (Wildman–Crippen LogP) is 3.16. The van der Waals surface area contributed by atoms with Crippen molar-refractivity contribution in [1.82, 2.24) is 10.2 Å². The van der Waals surface area contributed by atoms with Gasteiger partial charge in [-0.25, -0.2) is 4.79 Å². The molecule has 10 heteroatoms. The van der Waals surface area contributed by atoms with E-state index in [2.05, 4.69) is 10.6 Å².